The molecule has 6 heteroatoms. The van der Waals surface area contributed by atoms with Gasteiger partial charge in [-0.3, -0.25) is 0 Å². The molecule has 1 aliphatic rings. The Morgan fingerprint density at radius 1 is 1.25 bits per heavy atom. The molecule has 1 saturated carbocycles. The molecule has 0 bridgehead atoms. The SMILES string of the molecule is NC1(c2nn3cnnc3s2)CCCCCC1. The van der Waals surface area contributed by atoms with Gasteiger partial charge >= 0.3 is 0 Å². The molecule has 0 radical (unpaired) electrons. The summed E-state index contributed by atoms with van der Waals surface area (Å²) in [6.07, 6.45) is 8.71. The van der Waals surface area contributed by atoms with Gasteiger partial charge in [0.15, 0.2) is 0 Å². The topological polar surface area (TPSA) is 69.1 Å². The van der Waals surface area contributed by atoms with Gasteiger partial charge < -0.3 is 5.73 Å². The van der Waals surface area contributed by atoms with E-state index in [4.69, 9.17) is 5.73 Å². The number of rotatable bonds is 1. The minimum absolute atomic E-state index is 0.234. The maximum absolute atomic E-state index is 6.49. The highest BCUT2D eigenvalue weighted by molar-refractivity contribution is 7.16. The van der Waals surface area contributed by atoms with Gasteiger partial charge in [0.1, 0.15) is 11.3 Å². The first-order valence-corrected chi connectivity index (χ1v) is 6.56. The van der Waals surface area contributed by atoms with Crippen molar-refractivity contribution in [3.63, 3.8) is 0 Å². The van der Waals surface area contributed by atoms with E-state index < -0.39 is 0 Å². The highest BCUT2D eigenvalue weighted by Crippen LogP contribution is 2.35. The van der Waals surface area contributed by atoms with E-state index in [0.717, 1.165) is 22.8 Å². The lowest BCUT2D eigenvalue weighted by Crippen LogP contribution is -2.36. The number of hydrogen-bond acceptors (Lipinski definition) is 5. The van der Waals surface area contributed by atoms with E-state index >= 15 is 0 Å². The summed E-state index contributed by atoms with van der Waals surface area (Å²) in [5.41, 5.74) is 6.26. The van der Waals surface area contributed by atoms with Gasteiger partial charge in [0.2, 0.25) is 4.96 Å². The van der Waals surface area contributed by atoms with Crippen molar-refractivity contribution in [2.24, 2.45) is 5.73 Å². The molecule has 16 heavy (non-hydrogen) atoms. The van der Waals surface area contributed by atoms with Crippen LogP contribution in [0.4, 0.5) is 0 Å². The van der Waals surface area contributed by atoms with Crippen molar-refractivity contribution in [2.45, 2.75) is 44.1 Å². The van der Waals surface area contributed by atoms with Crippen LogP contribution >= 0.6 is 11.3 Å². The van der Waals surface area contributed by atoms with Crippen LogP contribution in [0.5, 0.6) is 0 Å². The lowest BCUT2D eigenvalue weighted by molar-refractivity contribution is 0.380. The molecule has 2 N–H and O–H groups in total. The van der Waals surface area contributed by atoms with Crippen LogP contribution in [-0.4, -0.2) is 19.8 Å². The lowest BCUT2D eigenvalue weighted by Gasteiger charge is -2.24. The average molecular weight is 237 g/mol. The maximum Gasteiger partial charge on any atom is 0.234 e. The summed E-state index contributed by atoms with van der Waals surface area (Å²) in [5.74, 6) is 0. The monoisotopic (exact) mass is 237 g/mol. The minimum Gasteiger partial charge on any atom is -0.319 e. The van der Waals surface area contributed by atoms with E-state index in [1.807, 2.05) is 0 Å². The molecule has 2 aromatic heterocycles. The van der Waals surface area contributed by atoms with Crippen molar-refractivity contribution in [1.29, 1.82) is 0 Å². The van der Waals surface area contributed by atoms with E-state index in [9.17, 15) is 0 Å². The standard InChI is InChI=1S/C10H15N5S/c11-10(5-3-1-2-4-6-10)8-14-15-7-12-13-9(15)16-8/h7H,1-6,11H2. The first-order chi connectivity index (χ1) is 7.78. The van der Waals surface area contributed by atoms with Gasteiger partial charge in [0, 0.05) is 0 Å². The average Bonchev–Trinajstić information content (AvgIpc) is 2.77. The third kappa shape index (κ3) is 1.62. The Hall–Kier alpha value is -1.01. The molecule has 5 nitrogen and oxygen atoms in total. The molecule has 0 aliphatic heterocycles. The van der Waals surface area contributed by atoms with Crippen LogP contribution in [-0.2, 0) is 5.54 Å². The van der Waals surface area contributed by atoms with E-state index in [2.05, 4.69) is 15.3 Å². The summed E-state index contributed by atoms with van der Waals surface area (Å²) in [5, 5.41) is 13.3. The van der Waals surface area contributed by atoms with Crippen LogP contribution in [0.3, 0.4) is 0 Å². The fraction of sp³-hybridized carbons (Fsp3) is 0.700. The van der Waals surface area contributed by atoms with Gasteiger partial charge in [-0.1, -0.05) is 37.0 Å². The molecule has 2 aromatic rings. The maximum atomic E-state index is 6.49. The Morgan fingerprint density at radius 3 is 2.69 bits per heavy atom. The van der Waals surface area contributed by atoms with Crippen LogP contribution in [0, 0.1) is 0 Å². The number of nitrogens with two attached hydrogens (primary N) is 1. The minimum atomic E-state index is -0.234. The lowest BCUT2D eigenvalue weighted by atomic mass is 9.92. The van der Waals surface area contributed by atoms with Gasteiger partial charge in [-0.15, -0.1) is 10.2 Å². The van der Waals surface area contributed by atoms with Crippen molar-refractivity contribution in [3.05, 3.63) is 11.3 Å². The number of hydrogen-bond donors (Lipinski definition) is 1. The predicted octanol–water partition coefficient (Wildman–Crippen LogP) is 1.69. The molecule has 0 amide bonds. The quantitative estimate of drug-likeness (QED) is 0.766. The molecule has 0 unspecified atom stereocenters. The summed E-state index contributed by atoms with van der Waals surface area (Å²) >= 11 is 1.57. The number of fused-ring (bicyclic) bond motifs is 1. The fourth-order valence-electron chi connectivity index (χ4n) is 2.33. The molecule has 3 rings (SSSR count). The summed E-state index contributed by atoms with van der Waals surface area (Å²) in [6, 6.07) is 0. The smallest absolute Gasteiger partial charge is 0.234 e. The van der Waals surface area contributed by atoms with Gasteiger partial charge in [-0.25, -0.2) is 0 Å². The second-order valence-electron chi connectivity index (χ2n) is 4.54. The second kappa shape index (κ2) is 3.78. The van der Waals surface area contributed by atoms with E-state index in [1.54, 1.807) is 22.2 Å². The van der Waals surface area contributed by atoms with Crippen LogP contribution in [0.2, 0.25) is 0 Å². The van der Waals surface area contributed by atoms with E-state index in [0.29, 0.717) is 0 Å². The third-order valence-electron chi connectivity index (χ3n) is 3.31. The summed E-state index contributed by atoms with van der Waals surface area (Å²) < 4.78 is 1.72. The van der Waals surface area contributed by atoms with Crippen molar-refractivity contribution >= 4 is 16.3 Å². The molecule has 1 fully saturated rings. The molecule has 0 spiro atoms. The van der Waals surface area contributed by atoms with Gasteiger partial charge in [0.25, 0.3) is 0 Å². The van der Waals surface area contributed by atoms with Crippen LogP contribution in [0.25, 0.3) is 4.96 Å². The summed E-state index contributed by atoms with van der Waals surface area (Å²) in [6.45, 7) is 0. The second-order valence-corrected chi connectivity index (χ2v) is 5.49. The van der Waals surface area contributed by atoms with Crippen molar-refractivity contribution in [1.82, 2.24) is 19.8 Å². The van der Waals surface area contributed by atoms with Crippen molar-refractivity contribution < 1.29 is 0 Å². The molecule has 0 saturated heterocycles. The predicted molar refractivity (Wildman–Crippen MR) is 62.2 cm³/mol. The van der Waals surface area contributed by atoms with Crippen LogP contribution in [0.15, 0.2) is 6.33 Å². The third-order valence-corrected chi connectivity index (χ3v) is 4.44. The fourth-order valence-corrected chi connectivity index (χ4v) is 3.31. The van der Waals surface area contributed by atoms with E-state index in [-0.39, 0.29) is 5.54 Å². The van der Waals surface area contributed by atoms with Crippen LogP contribution < -0.4 is 5.73 Å². The molecular formula is C10H15N5S. The first kappa shape index (κ1) is 10.2. The molecule has 1 aliphatic carbocycles. The molecule has 2 heterocycles. The van der Waals surface area contributed by atoms with E-state index in [1.165, 1.54) is 25.7 Å². The Morgan fingerprint density at radius 2 is 2.00 bits per heavy atom. The van der Waals surface area contributed by atoms with Crippen molar-refractivity contribution in [2.75, 3.05) is 0 Å². The Bertz CT molecular complexity index is 452. The zero-order valence-electron chi connectivity index (χ0n) is 9.09. The summed E-state index contributed by atoms with van der Waals surface area (Å²) in [4.78, 5) is 0.837. The highest BCUT2D eigenvalue weighted by Gasteiger charge is 2.32. The number of aromatic nitrogens is 4. The van der Waals surface area contributed by atoms with Gasteiger partial charge in [-0.05, 0) is 12.8 Å². The van der Waals surface area contributed by atoms with Crippen LogP contribution in [0.1, 0.15) is 43.5 Å². The Labute approximate surface area is 97.7 Å². The highest BCUT2D eigenvalue weighted by atomic mass is 32.1. The summed E-state index contributed by atoms with van der Waals surface area (Å²) in [7, 11) is 0. The molecule has 86 valence electrons. The molecule has 0 atom stereocenters. The zero-order valence-corrected chi connectivity index (χ0v) is 9.91. The van der Waals surface area contributed by atoms with Gasteiger partial charge in [-0.2, -0.15) is 9.61 Å². The first-order valence-electron chi connectivity index (χ1n) is 5.74. The Balaban J connectivity index is 1.97. The number of nitrogens with zero attached hydrogens (tertiary/aromatic N) is 4. The molecular weight excluding hydrogens is 222 g/mol. The Kier molecular flexibility index (Phi) is 2.40. The molecule has 0 aromatic carbocycles. The zero-order chi connectivity index (χ0) is 11.0. The van der Waals surface area contributed by atoms with Gasteiger partial charge in [0.05, 0.1) is 5.54 Å². The van der Waals surface area contributed by atoms with Crippen molar-refractivity contribution in [3.8, 4) is 0 Å². The normalized spacial score (nSPS) is 21.1. The largest absolute Gasteiger partial charge is 0.319 e.